The van der Waals surface area contributed by atoms with E-state index in [2.05, 4.69) is 20.6 Å². The Bertz CT molecular complexity index is 854. The SMILES string of the molecule is COc1cc(CNC(=O)c2cnn(-c3ccccn3)c2C(C)C)on1. The van der Waals surface area contributed by atoms with Crippen molar-refractivity contribution < 1.29 is 14.1 Å². The second-order valence-electron chi connectivity index (χ2n) is 5.72. The number of hydrogen-bond acceptors (Lipinski definition) is 6. The van der Waals surface area contributed by atoms with Crippen LogP contribution in [0, 0.1) is 0 Å². The van der Waals surface area contributed by atoms with E-state index in [4.69, 9.17) is 9.26 Å². The monoisotopic (exact) mass is 341 g/mol. The van der Waals surface area contributed by atoms with Crippen molar-refractivity contribution in [1.29, 1.82) is 0 Å². The van der Waals surface area contributed by atoms with Crippen LogP contribution in [-0.4, -0.2) is 32.9 Å². The van der Waals surface area contributed by atoms with E-state index in [0.29, 0.717) is 23.0 Å². The third-order valence-corrected chi connectivity index (χ3v) is 3.63. The first-order valence-electron chi connectivity index (χ1n) is 7.87. The Kier molecular flexibility index (Phi) is 4.78. The lowest BCUT2D eigenvalue weighted by molar-refractivity contribution is 0.0945. The molecule has 0 fully saturated rings. The minimum absolute atomic E-state index is 0.0932. The van der Waals surface area contributed by atoms with E-state index >= 15 is 0 Å². The average molecular weight is 341 g/mol. The van der Waals surface area contributed by atoms with E-state index in [0.717, 1.165) is 5.69 Å². The van der Waals surface area contributed by atoms with Gasteiger partial charge in [-0.2, -0.15) is 5.10 Å². The Morgan fingerprint density at radius 2 is 2.24 bits per heavy atom. The van der Waals surface area contributed by atoms with Gasteiger partial charge in [-0.15, -0.1) is 0 Å². The maximum absolute atomic E-state index is 12.6. The fourth-order valence-electron chi connectivity index (χ4n) is 2.49. The summed E-state index contributed by atoms with van der Waals surface area (Å²) in [5.74, 6) is 1.41. The molecule has 0 saturated heterocycles. The fraction of sp³-hybridized carbons (Fsp3) is 0.294. The molecule has 3 rings (SSSR count). The average Bonchev–Trinajstić information content (AvgIpc) is 3.27. The quantitative estimate of drug-likeness (QED) is 0.739. The lowest BCUT2D eigenvalue weighted by Crippen LogP contribution is -2.24. The van der Waals surface area contributed by atoms with Gasteiger partial charge in [-0.25, -0.2) is 9.67 Å². The Balaban J connectivity index is 1.81. The van der Waals surface area contributed by atoms with Gasteiger partial charge in [0.05, 0.1) is 31.1 Å². The molecule has 0 spiro atoms. The number of carbonyl (C=O) groups is 1. The maximum atomic E-state index is 12.6. The molecule has 3 aromatic heterocycles. The highest BCUT2D eigenvalue weighted by atomic mass is 16.5. The standard InChI is InChI=1S/C17H19N5O3/c1-11(2)16-13(10-20-22(16)14-6-4-5-7-18-14)17(23)19-9-12-8-15(24-3)21-25-12/h4-8,10-11H,9H2,1-3H3,(H,19,23). The van der Waals surface area contributed by atoms with Crippen molar-refractivity contribution in [2.45, 2.75) is 26.3 Å². The summed E-state index contributed by atoms with van der Waals surface area (Å²) in [5, 5.41) is 10.9. The predicted molar refractivity (Wildman–Crippen MR) is 89.7 cm³/mol. The first kappa shape index (κ1) is 16.7. The second kappa shape index (κ2) is 7.16. The highest BCUT2D eigenvalue weighted by molar-refractivity contribution is 5.95. The molecule has 8 nitrogen and oxygen atoms in total. The number of amides is 1. The van der Waals surface area contributed by atoms with E-state index in [1.165, 1.54) is 7.11 Å². The van der Waals surface area contributed by atoms with Gasteiger partial charge >= 0.3 is 0 Å². The third kappa shape index (κ3) is 3.52. The third-order valence-electron chi connectivity index (χ3n) is 3.63. The van der Waals surface area contributed by atoms with Crippen LogP contribution in [0.25, 0.3) is 5.82 Å². The molecule has 0 aromatic carbocycles. The topological polar surface area (TPSA) is 95.1 Å². The van der Waals surface area contributed by atoms with Crippen molar-refractivity contribution in [1.82, 2.24) is 25.2 Å². The Morgan fingerprint density at radius 1 is 1.40 bits per heavy atom. The fourth-order valence-corrected chi connectivity index (χ4v) is 2.49. The van der Waals surface area contributed by atoms with Gasteiger partial charge in [0, 0.05) is 12.3 Å². The minimum Gasteiger partial charge on any atom is -0.479 e. The van der Waals surface area contributed by atoms with Crippen LogP contribution in [0.2, 0.25) is 0 Å². The first-order valence-corrected chi connectivity index (χ1v) is 7.87. The minimum atomic E-state index is -0.235. The molecule has 0 aliphatic carbocycles. The van der Waals surface area contributed by atoms with Crippen LogP contribution >= 0.6 is 0 Å². The molecular formula is C17H19N5O3. The van der Waals surface area contributed by atoms with Crippen molar-refractivity contribution in [2.75, 3.05) is 7.11 Å². The van der Waals surface area contributed by atoms with E-state index < -0.39 is 0 Å². The molecule has 8 heteroatoms. The van der Waals surface area contributed by atoms with E-state index in [-0.39, 0.29) is 18.4 Å². The molecule has 0 atom stereocenters. The van der Waals surface area contributed by atoms with Crippen molar-refractivity contribution >= 4 is 5.91 Å². The van der Waals surface area contributed by atoms with Crippen molar-refractivity contribution in [3.05, 3.63) is 53.7 Å². The summed E-state index contributed by atoms with van der Waals surface area (Å²) in [6.45, 7) is 4.23. The lowest BCUT2D eigenvalue weighted by atomic mass is 10.1. The number of aromatic nitrogens is 4. The number of nitrogens with zero attached hydrogens (tertiary/aromatic N) is 4. The van der Waals surface area contributed by atoms with Crippen molar-refractivity contribution in [3.63, 3.8) is 0 Å². The van der Waals surface area contributed by atoms with Gasteiger partial charge in [-0.05, 0) is 23.2 Å². The number of nitrogens with one attached hydrogen (secondary N) is 1. The van der Waals surface area contributed by atoms with Crippen molar-refractivity contribution in [3.8, 4) is 11.7 Å². The molecule has 0 bridgehead atoms. The summed E-state index contributed by atoms with van der Waals surface area (Å²) in [7, 11) is 1.50. The van der Waals surface area contributed by atoms with Gasteiger partial charge in [0.1, 0.15) is 0 Å². The van der Waals surface area contributed by atoms with Crippen LogP contribution in [-0.2, 0) is 6.54 Å². The predicted octanol–water partition coefficient (Wildman–Crippen LogP) is 2.32. The zero-order valence-corrected chi connectivity index (χ0v) is 14.3. The lowest BCUT2D eigenvalue weighted by Gasteiger charge is -2.12. The van der Waals surface area contributed by atoms with Gasteiger partial charge in [-0.1, -0.05) is 19.9 Å². The van der Waals surface area contributed by atoms with Gasteiger partial charge in [0.15, 0.2) is 11.6 Å². The van der Waals surface area contributed by atoms with Crippen LogP contribution in [0.4, 0.5) is 0 Å². The first-order chi connectivity index (χ1) is 12.1. The molecule has 0 saturated carbocycles. The Labute approximate surface area is 144 Å². The van der Waals surface area contributed by atoms with Gasteiger partial charge in [-0.3, -0.25) is 4.79 Å². The maximum Gasteiger partial charge on any atom is 0.255 e. The molecule has 130 valence electrons. The van der Waals surface area contributed by atoms with Crippen LogP contribution in [0.3, 0.4) is 0 Å². The summed E-state index contributed by atoms with van der Waals surface area (Å²) in [5.41, 5.74) is 1.30. The zero-order chi connectivity index (χ0) is 17.8. The summed E-state index contributed by atoms with van der Waals surface area (Å²) < 4.78 is 11.7. The molecule has 1 N–H and O–H groups in total. The van der Waals surface area contributed by atoms with Gasteiger partial charge < -0.3 is 14.6 Å². The molecule has 0 aliphatic heterocycles. The number of rotatable bonds is 6. The highest BCUT2D eigenvalue weighted by Crippen LogP contribution is 2.22. The number of hydrogen-bond donors (Lipinski definition) is 1. The number of ether oxygens (including phenoxy) is 1. The zero-order valence-electron chi connectivity index (χ0n) is 14.3. The highest BCUT2D eigenvalue weighted by Gasteiger charge is 2.21. The Morgan fingerprint density at radius 3 is 2.88 bits per heavy atom. The molecule has 1 amide bonds. The largest absolute Gasteiger partial charge is 0.479 e. The normalized spacial score (nSPS) is 10.9. The molecule has 0 aliphatic rings. The van der Waals surface area contributed by atoms with Crippen LogP contribution in [0.1, 0.15) is 41.6 Å². The molecule has 0 unspecified atom stereocenters. The second-order valence-corrected chi connectivity index (χ2v) is 5.72. The summed E-state index contributed by atoms with van der Waals surface area (Å²) in [6.07, 6.45) is 3.25. The number of methoxy groups -OCH3 is 1. The smallest absolute Gasteiger partial charge is 0.255 e. The molecule has 25 heavy (non-hydrogen) atoms. The van der Waals surface area contributed by atoms with E-state index in [9.17, 15) is 4.79 Å². The summed E-state index contributed by atoms with van der Waals surface area (Å²) in [6, 6.07) is 7.19. The van der Waals surface area contributed by atoms with Crippen LogP contribution < -0.4 is 10.1 Å². The van der Waals surface area contributed by atoms with Crippen molar-refractivity contribution in [2.24, 2.45) is 0 Å². The molecule has 3 aromatic rings. The molecule has 3 heterocycles. The van der Waals surface area contributed by atoms with Gasteiger partial charge in [0.2, 0.25) is 0 Å². The van der Waals surface area contributed by atoms with Crippen LogP contribution in [0.5, 0.6) is 5.88 Å². The van der Waals surface area contributed by atoms with Gasteiger partial charge in [0.25, 0.3) is 11.8 Å². The Hall–Kier alpha value is -3.16. The van der Waals surface area contributed by atoms with E-state index in [1.807, 2.05) is 32.0 Å². The number of pyridine rings is 1. The molecule has 0 radical (unpaired) electrons. The van der Waals surface area contributed by atoms with E-state index in [1.54, 1.807) is 23.1 Å². The summed E-state index contributed by atoms with van der Waals surface area (Å²) >= 11 is 0. The van der Waals surface area contributed by atoms with Crippen LogP contribution in [0.15, 0.2) is 41.2 Å². The number of carbonyl (C=O) groups excluding carboxylic acids is 1. The summed E-state index contributed by atoms with van der Waals surface area (Å²) in [4.78, 5) is 16.9. The molecular weight excluding hydrogens is 322 g/mol.